The van der Waals surface area contributed by atoms with Gasteiger partial charge in [0, 0.05) is 37.8 Å². The lowest BCUT2D eigenvalue weighted by Gasteiger charge is -2.18. The average Bonchev–Trinajstić information content (AvgIpc) is 3.23. The van der Waals surface area contributed by atoms with Crippen molar-refractivity contribution in [2.45, 2.75) is 18.9 Å². The molecule has 27 heavy (non-hydrogen) atoms. The summed E-state index contributed by atoms with van der Waals surface area (Å²) in [6, 6.07) is 20.8. The number of benzene rings is 2. The molecule has 0 amide bonds. The van der Waals surface area contributed by atoms with Crippen molar-refractivity contribution in [3.63, 3.8) is 0 Å². The molecule has 0 unspecified atom stereocenters. The number of hydrogen-bond acceptors (Lipinski definition) is 4. The summed E-state index contributed by atoms with van der Waals surface area (Å²) in [6.45, 7) is 1.74. The van der Waals surface area contributed by atoms with Crippen LogP contribution in [0.15, 0.2) is 71.3 Å². The van der Waals surface area contributed by atoms with E-state index in [0.29, 0.717) is 0 Å². The van der Waals surface area contributed by atoms with Gasteiger partial charge in [-0.25, -0.2) is 0 Å². The first-order valence-corrected chi connectivity index (χ1v) is 9.32. The molecule has 1 aromatic heterocycles. The summed E-state index contributed by atoms with van der Waals surface area (Å²) >= 11 is 0. The van der Waals surface area contributed by atoms with Crippen LogP contribution in [0, 0.1) is 0 Å². The quantitative estimate of drug-likeness (QED) is 0.560. The molecule has 0 spiro atoms. The largest absolute Gasteiger partial charge is 0.496 e. The van der Waals surface area contributed by atoms with E-state index in [9.17, 15) is 0 Å². The molecule has 0 fully saturated rings. The van der Waals surface area contributed by atoms with Crippen LogP contribution in [-0.2, 0) is 6.54 Å². The molecule has 1 heterocycles. The highest BCUT2D eigenvalue weighted by atomic mass is 16.5. The highest BCUT2D eigenvalue weighted by Gasteiger charge is 2.20. The second-order valence-corrected chi connectivity index (χ2v) is 6.84. The van der Waals surface area contributed by atoms with Gasteiger partial charge in [0.1, 0.15) is 11.5 Å². The van der Waals surface area contributed by atoms with Crippen molar-refractivity contribution < 1.29 is 9.15 Å². The summed E-state index contributed by atoms with van der Waals surface area (Å²) in [5.41, 5.74) is 3.66. The van der Waals surface area contributed by atoms with Gasteiger partial charge < -0.3 is 19.4 Å². The van der Waals surface area contributed by atoms with E-state index >= 15 is 0 Å². The molecule has 1 atom stereocenters. The van der Waals surface area contributed by atoms with Crippen molar-refractivity contribution in [2.24, 2.45) is 0 Å². The predicted octanol–water partition coefficient (Wildman–Crippen LogP) is 4.67. The van der Waals surface area contributed by atoms with E-state index < -0.39 is 0 Å². The van der Waals surface area contributed by atoms with Crippen molar-refractivity contribution in [1.82, 2.24) is 5.32 Å². The zero-order valence-electron chi connectivity index (χ0n) is 16.3. The minimum atomic E-state index is 0.166. The van der Waals surface area contributed by atoms with E-state index in [4.69, 9.17) is 9.15 Å². The van der Waals surface area contributed by atoms with E-state index in [1.54, 1.807) is 13.4 Å². The number of anilines is 1. The Morgan fingerprint density at radius 2 is 1.78 bits per heavy atom. The van der Waals surface area contributed by atoms with Gasteiger partial charge in [-0.3, -0.25) is 0 Å². The van der Waals surface area contributed by atoms with Crippen LogP contribution in [0.2, 0.25) is 0 Å². The number of rotatable bonds is 9. The minimum absolute atomic E-state index is 0.166. The Balaban J connectivity index is 1.62. The van der Waals surface area contributed by atoms with Crippen molar-refractivity contribution in [1.29, 1.82) is 0 Å². The van der Waals surface area contributed by atoms with Gasteiger partial charge >= 0.3 is 0 Å². The molecular weight excluding hydrogens is 336 g/mol. The number of methoxy groups -OCH3 is 1. The lowest BCUT2D eigenvalue weighted by molar-refractivity contribution is 0.398. The van der Waals surface area contributed by atoms with Crippen molar-refractivity contribution in [3.05, 3.63) is 83.8 Å². The maximum atomic E-state index is 5.71. The minimum Gasteiger partial charge on any atom is -0.496 e. The van der Waals surface area contributed by atoms with Gasteiger partial charge in [0.2, 0.25) is 0 Å². The van der Waals surface area contributed by atoms with Gasteiger partial charge in [0.25, 0.3) is 0 Å². The molecule has 0 radical (unpaired) electrons. The Labute approximate surface area is 161 Å². The third-order valence-electron chi connectivity index (χ3n) is 4.79. The molecule has 0 aliphatic heterocycles. The Morgan fingerprint density at radius 1 is 1.00 bits per heavy atom. The van der Waals surface area contributed by atoms with Crippen LogP contribution in [-0.4, -0.2) is 27.7 Å². The molecule has 1 N–H and O–H groups in total. The molecule has 0 saturated carbocycles. The molecule has 3 aromatic rings. The number of nitrogens with one attached hydrogen (secondary N) is 1. The van der Waals surface area contributed by atoms with Crippen LogP contribution in [0.4, 0.5) is 5.69 Å². The first-order chi connectivity index (χ1) is 13.2. The number of para-hydroxylation sites is 1. The van der Waals surface area contributed by atoms with Crippen molar-refractivity contribution >= 4 is 5.69 Å². The topological polar surface area (TPSA) is 37.6 Å². The van der Waals surface area contributed by atoms with E-state index in [-0.39, 0.29) is 5.92 Å². The highest BCUT2D eigenvalue weighted by Crippen LogP contribution is 2.34. The number of nitrogens with zero attached hydrogens (tertiary/aromatic N) is 1. The van der Waals surface area contributed by atoms with Gasteiger partial charge in [-0.1, -0.05) is 30.3 Å². The SMILES string of the molecule is COc1ccccc1[C@@H](CCNCc1ccc(N(C)C)cc1)c1ccco1. The molecule has 4 heteroatoms. The first kappa shape index (κ1) is 19.1. The van der Waals surface area contributed by atoms with E-state index in [0.717, 1.165) is 36.6 Å². The molecule has 3 rings (SSSR count). The normalized spacial score (nSPS) is 12.0. The van der Waals surface area contributed by atoms with Crippen LogP contribution >= 0.6 is 0 Å². The molecule has 0 aliphatic rings. The van der Waals surface area contributed by atoms with E-state index in [2.05, 4.69) is 54.6 Å². The molecule has 142 valence electrons. The first-order valence-electron chi connectivity index (χ1n) is 9.32. The summed E-state index contributed by atoms with van der Waals surface area (Å²) in [4.78, 5) is 2.11. The lowest BCUT2D eigenvalue weighted by atomic mass is 9.92. The zero-order valence-corrected chi connectivity index (χ0v) is 16.3. The molecular formula is C23H28N2O2. The smallest absolute Gasteiger partial charge is 0.122 e. The van der Waals surface area contributed by atoms with E-state index in [1.807, 2.05) is 30.3 Å². The fourth-order valence-electron chi connectivity index (χ4n) is 3.29. The third kappa shape index (κ3) is 4.92. The average molecular weight is 364 g/mol. The molecule has 0 bridgehead atoms. The van der Waals surface area contributed by atoms with Gasteiger partial charge in [-0.2, -0.15) is 0 Å². The molecule has 4 nitrogen and oxygen atoms in total. The third-order valence-corrected chi connectivity index (χ3v) is 4.79. The number of hydrogen-bond donors (Lipinski definition) is 1. The summed E-state index contributed by atoms with van der Waals surface area (Å²) in [7, 11) is 5.83. The summed E-state index contributed by atoms with van der Waals surface area (Å²) < 4.78 is 11.3. The summed E-state index contributed by atoms with van der Waals surface area (Å²) in [6.07, 6.45) is 2.67. The number of furan rings is 1. The van der Waals surface area contributed by atoms with E-state index in [1.165, 1.54) is 11.3 Å². The zero-order chi connectivity index (χ0) is 19.1. The maximum absolute atomic E-state index is 5.71. The molecule has 0 aliphatic carbocycles. The van der Waals surface area contributed by atoms with Gasteiger partial charge in [-0.15, -0.1) is 0 Å². The molecule has 0 saturated heterocycles. The maximum Gasteiger partial charge on any atom is 0.122 e. The fourth-order valence-corrected chi connectivity index (χ4v) is 3.29. The highest BCUT2D eigenvalue weighted by molar-refractivity contribution is 5.46. The van der Waals surface area contributed by atoms with Crippen LogP contribution in [0.25, 0.3) is 0 Å². The standard InChI is InChI=1S/C23H28N2O2/c1-25(2)19-12-10-18(11-13-19)17-24-15-14-21(23-9-6-16-27-23)20-7-4-5-8-22(20)26-3/h4-13,16,21,24H,14-15,17H2,1-3H3/t21-/m1/s1. The Hall–Kier alpha value is -2.72. The Morgan fingerprint density at radius 3 is 2.44 bits per heavy atom. The summed E-state index contributed by atoms with van der Waals surface area (Å²) in [5, 5.41) is 3.55. The molecule has 2 aromatic carbocycles. The van der Waals surface area contributed by atoms with Gasteiger partial charge in [0.05, 0.1) is 13.4 Å². The van der Waals surface area contributed by atoms with Crippen LogP contribution < -0.4 is 15.0 Å². The lowest BCUT2D eigenvalue weighted by Crippen LogP contribution is -2.18. The van der Waals surface area contributed by atoms with Crippen LogP contribution in [0.1, 0.15) is 29.2 Å². The van der Waals surface area contributed by atoms with Crippen molar-refractivity contribution in [2.75, 3.05) is 32.6 Å². The second-order valence-electron chi connectivity index (χ2n) is 6.84. The Kier molecular flexibility index (Phi) is 6.55. The monoisotopic (exact) mass is 364 g/mol. The van der Waals surface area contributed by atoms with Crippen molar-refractivity contribution in [3.8, 4) is 5.75 Å². The fraction of sp³-hybridized carbons (Fsp3) is 0.304. The second kappa shape index (κ2) is 9.28. The van der Waals surface area contributed by atoms with Crippen LogP contribution in [0.3, 0.4) is 0 Å². The van der Waals surface area contributed by atoms with Gasteiger partial charge in [-0.05, 0) is 48.9 Å². The number of ether oxygens (including phenoxy) is 1. The summed E-state index contributed by atoms with van der Waals surface area (Å²) in [5.74, 6) is 2.04. The van der Waals surface area contributed by atoms with Crippen LogP contribution in [0.5, 0.6) is 5.75 Å². The van der Waals surface area contributed by atoms with Gasteiger partial charge in [0.15, 0.2) is 0 Å². The predicted molar refractivity (Wildman–Crippen MR) is 111 cm³/mol. The Bertz CT molecular complexity index is 811.